The summed E-state index contributed by atoms with van der Waals surface area (Å²) in [5.74, 6) is 0. The molecule has 0 saturated carbocycles. The number of rotatable bonds is 2. The van der Waals surface area contributed by atoms with E-state index in [1.807, 2.05) is 0 Å². The van der Waals surface area contributed by atoms with Gasteiger partial charge < -0.3 is 9.64 Å². The number of alkyl halides is 1. The first-order chi connectivity index (χ1) is 11.2. The molecular formula is C13H19FN4O4S2. The van der Waals surface area contributed by atoms with Crippen molar-refractivity contribution in [2.75, 3.05) is 13.1 Å². The van der Waals surface area contributed by atoms with Gasteiger partial charge in [0.25, 0.3) is 0 Å². The highest BCUT2D eigenvalue weighted by molar-refractivity contribution is 8.07. The number of hydrogen-bond acceptors (Lipinski definition) is 7. The second-order valence-corrected chi connectivity index (χ2v) is 6.31. The Labute approximate surface area is 148 Å². The van der Waals surface area contributed by atoms with Crippen LogP contribution >= 0.6 is 0 Å². The van der Waals surface area contributed by atoms with Crippen molar-refractivity contribution in [2.45, 2.75) is 45.0 Å². The van der Waals surface area contributed by atoms with Crippen molar-refractivity contribution in [3.8, 4) is 0 Å². The number of likely N-dealkylation sites (tertiary alicyclic amines) is 1. The molecule has 1 saturated heterocycles. The maximum Gasteiger partial charge on any atom is 0.410 e. The summed E-state index contributed by atoms with van der Waals surface area (Å²) in [5.41, 5.74) is -0.829. The van der Waals surface area contributed by atoms with Crippen LogP contribution in [-0.2, 0) is 27.1 Å². The summed E-state index contributed by atoms with van der Waals surface area (Å²) in [7, 11) is 0. The van der Waals surface area contributed by atoms with Gasteiger partial charge in [-0.2, -0.15) is 5.10 Å². The number of carbonyl (C=O) groups excluding carboxylic acids is 1. The highest BCUT2D eigenvalue weighted by Gasteiger charge is 2.34. The summed E-state index contributed by atoms with van der Waals surface area (Å²) in [6, 6.07) is -0.454. The minimum atomic E-state index is -1.23. The molecule has 1 aromatic rings. The van der Waals surface area contributed by atoms with Gasteiger partial charge in [-0.05, 0) is 20.8 Å². The summed E-state index contributed by atoms with van der Waals surface area (Å²) in [6.45, 7) is 5.35. The van der Waals surface area contributed by atoms with Gasteiger partial charge in [0.15, 0.2) is 0 Å². The van der Waals surface area contributed by atoms with Gasteiger partial charge in [0, 0.05) is 35.3 Å². The largest absolute Gasteiger partial charge is 0.444 e. The van der Waals surface area contributed by atoms with E-state index in [1.54, 1.807) is 20.8 Å². The molecule has 11 heteroatoms. The van der Waals surface area contributed by atoms with Crippen LogP contribution in [0.15, 0.2) is 12.4 Å². The van der Waals surface area contributed by atoms with Crippen LogP contribution in [0.1, 0.15) is 33.2 Å². The first-order valence-electron chi connectivity index (χ1n) is 7.13. The van der Waals surface area contributed by atoms with Crippen molar-refractivity contribution in [1.29, 1.82) is 0 Å². The number of ether oxygens (including phenoxy) is 1. The fourth-order valence-electron chi connectivity index (χ4n) is 2.30. The zero-order chi connectivity index (χ0) is 18.5. The maximum atomic E-state index is 13.9. The second kappa shape index (κ2) is 8.38. The molecular weight excluding hydrogens is 359 g/mol. The Hall–Kier alpha value is -1.75. The molecule has 0 spiro atoms. The topological polar surface area (TPSA) is 90.5 Å². The van der Waals surface area contributed by atoms with E-state index >= 15 is 0 Å². The monoisotopic (exact) mass is 378 g/mol. The summed E-state index contributed by atoms with van der Waals surface area (Å²) < 4.78 is 20.5. The lowest BCUT2D eigenvalue weighted by Crippen LogP contribution is -2.47. The van der Waals surface area contributed by atoms with Crippen molar-refractivity contribution in [2.24, 2.45) is 0 Å². The van der Waals surface area contributed by atoms with Crippen LogP contribution in [0.3, 0.4) is 0 Å². The van der Waals surface area contributed by atoms with E-state index in [0.717, 1.165) is 6.20 Å². The number of piperidine rings is 1. The second-order valence-electron chi connectivity index (χ2n) is 6.31. The minimum absolute atomic E-state index is 0.0469. The van der Waals surface area contributed by atoms with Crippen LogP contribution in [0.2, 0.25) is 0 Å². The summed E-state index contributed by atoms with van der Waals surface area (Å²) in [4.78, 5) is 23.4. The van der Waals surface area contributed by atoms with Gasteiger partial charge >= 0.3 is 11.8 Å². The molecule has 0 bridgehead atoms. The highest BCUT2D eigenvalue weighted by Crippen LogP contribution is 2.26. The van der Waals surface area contributed by atoms with E-state index in [4.69, 9.17) is 4.74 Å². The number of amides is 1. The Bertz CT molecular complexity index is 593. The molecule has 0 unspecified atom stereocenters. The van der Waals surface area contributed by atoms with Gasteiger partial charge in [-0.1, -0.05) is 0 Å². The van der Waals surface area contributed by atoms with Gasteiger partial charge in [-0.15, -0.1) is 0 Å². The molecule has 0 aromatic carbocycles. The van der Waals surface area contributed by atoms with E-state index < -0.39 is 28.8 Å². The normalized spacial score (nSPS) is 20.8. The first kappa shape index (κ1) is 20.3. The van der Waals surface area contributed by atoms with E-state index in [1.165, 1.54) is 15.8 Å². The quantitative estimate of drug-likeness (QED) is 0.576. The third kappa shape index (κ3) is 5.71. The third-order valence-electron chi connectivity index (χ3n) is 3.20. The molecule has 1 amide bonds. The lowest BCUT2D eigenvalue weighted by Gasteiger charge is -2.35. The summed E-state index contributed by atoms with van der Waals surface area (Å²) in [6.07, 6.45) is 0.685. The zero-order valence-electron chi connectivity index (χ0n) is 13.5. The van der Waals surface area contributed by atoms with E-state index in [9.17, 15) is 19.3 Å². The van der Waals surface area contributed by atoms with Gasteiger partial charge in [0.05, 0.1) is 17.5 Å². The highest BCUT2D eigenvalue weighted by atomic mass is 32.8. The molecule has 0 N–H and O–H groups in total. The molecule has 2 heterocycles. The van der Waals surface area contributed by atoms with Crippen LogP contribution in [0.25, 0.3) is 0 Å². The molecule has 24 heavy (non-hydrogen) atoms. The molecule has 1 aromatic heterocycles. The Morgan fingerprint density at radius 1 is 1.46 bits per heavy atom. The van der Waals surface area contributed by atoms with Gasteiger partial charge in [-0.3, -0.25) is 14.8 Å². The lowest BCUT2D eigenvalue weighted by atomic mass is 10.0. The molecule has 1 aliphatic heterocycles. The van der Waals surface area contributed by atoms with Crippen molar-refractivity contribution in [3.05, 3.63) is 22.5 Å². The van der Waals surface area contributed by atoms with Gasteiger partial charge in [0.2, 0.25) is 0 Å². The first-order valence-corrected chi connectivity index (χ1v) is 8.46. The van der Waals surface area contributed by atoms with Gasteiger partial charge in [0.1, 0.15) is 24.2 Å². The standard InChI is InChI=1S/C13H19FN4O4.S2/c1-13(2,3)22-12(19)16-6-9(14)4-10(7-16)17-8-11(5-15-17)18(20)21;1-2/h5,8-10H,4,6-7H2,1-3H3;/t9-,10-;/m0./s1. The van der Waals surface area contributed by atoms with Crippen molar-refractivity contribution in [1.82, 2.24) is 14.7 Å². The van der Waals surface area contributed by atoms with Crippen molar-refractivity contribution in [3.63, 3.8) is 0 Å². The number of carbonyl (C=O) groups is 1. The smallest absolute Gasteiger partial charge is 0.410 e. The SMILES string of the molecule is CC(C)(C)OC(=O)N1C[C@@H](F)C[C@H](n2cc([N+](=O)[O-])cn2)C1.S=S. The van der Waals surface area contributed by atoms with Gasteiger partial charge in [-0.25, -0.2) is 9.18 Å². The molecule has 134 valence electrons. The Balaban J connectivity index is 0.00000139. The Kier molecular flexibility index (Phi) is 7.08. The predicted octanol–water partition coefficient (Wildman–Crippen LogP) is 2.31. The van der Waals surface area contributed by atoms with Crippen molar-refractivity contribution < 1.29 is 18.8 Å². The van der Waals surface area contributed by atoms with Crippen LogP contribution in [0.4, 0.5) is 14.9 Å². The average molecular weight is 378 g/mol. The number of nitro groups is 1. The van der Waals surface area contributed by atoms with Crippen LogP contribution in [0, 0.1) is 10.1 Å². The fourth-order valence-corrected chi connectivity index (χ4v) is 2.30. The van der Waals surface area contributed by atoms with E-state index in [-0.39, 0.29) is 25.2 Å². The molecule has 2 atom stereocenters. The summed E-state index contributed by atoms with van der Waals surface area (Å²) >= 11 is 7.33. The summed E-state index contributed by atoms with van der Waals surface area (Å²) in [5, 5.41) is 14.6. The molecule has 1 fully saturated rings. The Morgan fingerprint density at radius 3 is 2.58 bits per heavy atom. The molecule has 2 rings (SSSR count). The zero-order valence-corrected chi connectivity index (χ0v) is 15.2. The number of aromatic nitrogens is 2. The molecule has 1 aliphatic rings. The third-order valence-corrected chi connectivity index (χ3v) is 3.20. The van der Waals surface area contributed by atoms with Crippen LogP contribution in [-0.4, -0.2) is 50.6 Å². The van der Waals surface area contributed by atoms with Crippen molar-refractivity contribution >= 4 is 34.2 Å². The van der Waals surface area contributed by atoms with Crippen LogP contribution in [0.5, 0.6) is 0 Å². The number of nitrogens with zero attached hydrogens (tertiary/aromatic N) is 4. The van der Waals surface area contributed by atoms with E-state index in [2.05, 4.69) is 27.5 Å². The number of halogens is 1. The van der Waals surface area contributed by atoms with Crippen LogP contribution < -0.4 is 0 Å². The molecule has 0 aliphatic carbocycles. The minimum Gasteiger partial charge on any atom is -0.444 e. The lowest BCUT2D eigenvalue weighted by molar-refractivity contribution is -0.385. The Morgan fingerprint density at radius 2 is 2.08 bits per heavy atom. The maximum absolute atomic E-state index is 13.9. The predicted molar refractivity (Wildman–Crippen MR) is 90.0 cm³/mol. The molecule has 0 radical (unpaired) electrons. The molecule has 8 nitrogen and oxygen atoms in total. The number of hydrogen-bond donors (Lipinski definition) is 0. The van der Waals surface area contributed by atoms with E-state index in [0.29, 0.717) is 0 Å². The fraction of sp³-hybridized carbons (Fsp3) is 0.692. The average Bonchev–Trinajstić information content (AvgIpc) is 2.97.